The molecule has 3 nitrogen and oxygen atoms in total. The molecule has 1 amide bonds. The number of ether oxygens (including phenoxy) is 1. The highest BCUT2D eigenvalue weighted by atomic mass is 32.2. The van der Waals surface area contributed by atoms with Gasteiger partial charge in [0.25, 0.3) is 5.91 Å². The summed E-state index contributed by atoms with van der Waals surface area (Å²) >= 11 is 1.82. The molecule has 3 aromatic rings. The van der Waals surface area contributed by atoms with Crippen LogP contribution in [0.3, 0.4) is 0 Å². The van der Waals surface area contributed by atoms with Crippen molar-refractivity contribution in [2.75, 3.05) is 12.3 Å². The monoisotopic (exact) mass is 391 g/mol. The first kappa shape index (κ1) is 20.0. The summed E-state index contributed by atoms with van der Waals surface area (Å²) in [4.78, 5) is 12.4. The van der Waals surface area contributed by atoms with E-state index in [1.165, 1.54) is 11.1 Å². The second kappa shape index (κ2) is 10.6. The number of aryl methyl sites for hydroxylation is 1. The fourth-order valence-electron chi connectivity index (χ4n) is 2.80. The van der Waals surface area contributed by atoms with Gasteiger partial charge in [0.15, 0.2) is 0 Å². The molecule has 0 aliphatic carbocycles. The van der Waals surface area contributed by atoms with Gasteiger partial charge < -0.3 is 10.1 Å². The molecule has 144 valence electrons. The van der Waals surface area contributed by atoms with Gasteiger partial charge in [-0.05, 0) is 36.2 Å². The standard InChI is InChI=1S/C24H25NO2S/c1-19-7-5-10-21(15-19)18-28-14-13-25-24(26)22-11-6-12-23(16-22)27-17-20-8-3-2-4-9-20/h2-12,15-16H,13-14,17-18H2,1H3,(H,25,26). The number of hydrogen-bond donors (Lipinski definition) is 1. The molecule has 28 heavy (non-hydrogen) atoms. The van der Waals surface area contributed by atoms with Gasteiger partial charge >= 0.3 is 0 Å². The molecule has 3 aromatic carbocycles. The molecule has 0 unspecified atom stereocenters. The van der Waals surface area contributed by atoms with Crippen LogP contribution in [0.25, 0.3) is 0 Å². The quantitative estimate of drug-likeness (QED) is 0.507. The van der Waals surface area contributed by atoms with E-state index in [0.29, 0.717) is 24.5 Å². The Hall–Kier alpha value is -2.72. The number of carbonyl (C=O) groups excluding carboxylic acids is 1. The molecule has 0 saturated carbocycles. The van der Waals surface area contributed by atoms with Crippen LogP contribution >= 0.6 is 11.8 Å². The number of thioether (sulfide) groups is 1. The smallest absolute Gasteiger partial charge is 0.251 e. The Morgan fingerprint density at radius 2 is 1.71 bits per heavy atom. The third-order valence-corrected chi connectivity index (χ3v) is 5.26. The maximum Gasteiger partial charge on any atom is 0.251 e. The van der Waals surface area contributed by atoms with Gasteiger partial charge in [0.2, 0.25) is 0 Å². The van der Waals surface area contributed by atoms with Gasteiger partial charge in [-0.25, -0.2) is 0 Å². The lowest BCUT2D eigenvalue weighted by atomic mass is 10.2. The average molecular weight is 392 g/mol. The van der Waals surface area contributed by atoms with E-state index in [9.17, 15) is 4.79 Å². The van der Waals surface area contributed by atoms with Crippen LogP contribution in [0.1, 0.15) is 27.0 Å². The summed E-state index contributed by atoms with van der Waals surface area (Å²) < 4.78 is 5.80. The molecular formula is C24H25NO2S. The molecule has 0 radical (unpaired) electrons. The fourth-order valence-corrected chi connectivity index (χ4v) is 3.60. The van der Waals surface area contributed by atoms with Gasteiger partial charge in [0.05, 0.1) is 0 Å². The Labute approximate surface area is 171 Å². The van der Waals surface area contributed by atoms with Crippen LogP contribution in [0.15, 0.2) is 78.9 Å². The zero-order valence-electron chi connectivity index (χ0n) is 16.1. The predicted octanol–water partition coefficient (Wildman–Crippen LogP) is 5.24. The second-order valence-corrected chi connectivity index (χ2v) is 7.70. The minimum absolute atomic E-state index is 0.0682. The first-order chi connectivity index (χ1) is 13.7. The molecule has 0 heterocycles. The van der Waals surface area contributed by atoms with E-state index in [1.807, 2.05) is 60.3 Å². The predicted molar refractivity (Wildman–Crippen MR) is 117 cm³/mol. The van der Waals surface area contributed by atoms with Crippen molar-refractivity contribution in [2.24, 2.45) is 0 Å². The van der Waals surface area contributed by atoms with Gasteiger partial charge in [-0.3, -0.25) is 4.79 Å². The third-order valence-electron chi connectivity index (χ3n) is 4.23. The summed E-state index contributed by atoms with van der Waals surface area (Å²) in [6.45, 7) is 3.23. The van der Waals surface area contributed by atoms with E-state index in [1.54, 1.807) is 6.07 Å². The number of rotatable bonds is 9. The summed E-state index contributed by atoms with van der Waals surface area (Å²) in [5, 5.41) is 2.98. The van der Waals surface area contributed by atoms with E-state index in [-0.39, 0.29) is 5.91 Å². The Bertz CT molecular complexity index is 896. The van der Waals surface area contributed by atoms with Crippen LogP contribution < -0.4 is 10.1 Å². The zero-order chi connectivity index (χ0) is 19.6. The zero-order valence-corrected chi connectivity index (χ0v) is 16.9. The summed E-state index contributed by atoms with van der Waals surface area (Å²) in [6.07, 6.45) is 0. The number of nitrogens with one attached hydrogen (secondary N) is 1. The summed E-state index contributed by atoms with van der Waals surface area (Å²) in [7, 11) is 0. The number of benzene rings is 3. The second-order valence-electron chi connectivity index (χ2n) is 6.60. The molecule has 0 saturated heterocycles. The molecular weight excluding hydrogens is 366 g/mol. The van der Waals surface area contributed by atoms with Gasteiger partial charge in [-0.1, -0.05) is 66.2 Å². The van der Waals surface area contributed by atoms with Crippen LogP contribution in [-0.4, -0.2) is 18.2 Å². The Kier molecular flexibility index (Phi) is 7.56. The normalized spacial score (nSPS) is 10.5. The van der Waals surface area contributed by atoms with Crippen molar-refractivity contribution in [2.45, 2.75) is 19.3 Å². The molecule has 0 aliphatic rings. The molecule has 0 spiro atoms. The minimum Gasteiger partial charge on any atom is -0.489 e. The number of hydrogen-bond acceptors (Lipinski definition) is 3. The maximum atomic E-state index is 12.4. The molecule has 3 rings (SSSR count). The lowest BCUT2D eigenvalue weighted by Gasteiger charge is -2.09. The fraction of sp³-hybridized carbons (Fsp3) is 0.208. The lowest BCUT2D eigenvalue weighted by Crippen LogP contribution is -2.25. The van der Waals surface area contributed by atoms with Crippen LogP contribution in [0, 0.1) is 6.92 Å². The molecule has 0 fully saturated rings. The highest BCUT2D eigenvalue weighted by Crippen LogP contribution is 2.16. The van der Waals surface area contributed by atoms with Crippen molar-refractivity contribution in [3.05, 3.63) is 101 Å². The highest BCUT2D eigenvalue weighted by Gasteiger charge is 2.06. The van der Waals surface area contributed by atoms with E-state index in [2.05, 4.69) is 36.5 Å². The first-order valence-electron chi connectivity index (χ1n) is 9.39. The van der Waals surface area contributed by atoms with Crippen molar-refractivity contribution >= 4 is 17.7 Å². The lowest BCUT2D eigenvalue weighted by molar-refractivity contribution is 0.0955. The van der Waals surface area contributed by atoms with E-state index >= 15 is 0 Å². The van der Waals surface area contributed by atoms with Gasteiger partial charge in [0, 0.05) is 23.6 Å². The van der Waals surface area contributed by atoms with Crippen LogP contribution in [0.4, 0.5) is 0 Å². The van der Waals surface area contributed by atoms with Gasteiger partial charge in [-0.2, -0.15) is 11.8 Å². The Balaban J connectivity index is 1.41. The minimum atomic E-state index is -0.0682. The van der Waals surface area contributed by atoms with Crippen molar-refractivity contribution < 1.29 is 9.53 Å². The van der Waals surface area contributed by atoms with Crippen LogP contribution in [-0.2, 0) is 12.4 Å². The summed E-state index contributed by atoms with van der Waals surface area (Å²) in [6, 6.07) is 25.8. The molecule has 0 atom stereocenters. The molecule has 1 N–H and O–H groups in total. The molecule has 0 aliphatic heterocycles. The van der Waals surface area contributed by atoms with E-state index < -0.39 is 0 Å². The first-order valence-corrected chi connectivity index (χ1v) is 10.5. The van der Waals surface area contributed by atoms with Gasteiger partial charge in [-0.15, -0.1) is 0 Å². The van der Waals surface area contributed by atoms with Gasteiger partial charge in [0.1, 0.15) is 12.4 Å². The van der Waals surface area contributed by atoms with Crippen LogP contribution in [0.2, 0.25) is 0 Å². The van der Waals surface area contributed by atoms with E-state index in [4.69, 9.17) is 4.74 Å². The Morgan fingerprint density at radius 3 is 2.54 bits per heavy atom. The highest BCUT2D eigenvalue weighted by molar-refractivity contribution is 7.98. The van der Waals surface area contributed by atoms with Crippen molar-refractivity contribution in [3.63, 3.8) is 0 Å². The molecule has 4 heteroatoms. The largest absolute Gasteiger partial charge is 0.489 e. The SMILES string of the molecule is Cc1cccc(CSCCNC(=O)c2cccc(OCc3ccccc3)c2)c1. The van der Waals surface area contributed by atoms with Crippen molar-refractivity contribution in [1.29, 1.82) is 0 Å². The average Bonchev–Trinajstić information content (AvgIpc) is 2.73. The van der Waals surface area contributed by atoms with E-state index in [0.717, 1.165) is 17.1 Å². The third kappa shape index (κ3) is 6.46. The summed E-state index contributed by atoms with van der Waals surface area (Å²) in [5.41, 5.74) is 4.32. The topological polar surface area (TPSA) is 38.3 Å². The number of amides is 1. The molecule has 0 bridgehead atoms. The summed E-state index contributed by atoms with van der Waals surface area (Å²) in [5.74, 6) is 2.47. The molecule has 0 aromatic heterocycles. The van der Waals surface area contributed by atoms with Crippen LogP contribution in [0.5, 0.6) is 5.75 Å². The maximum absolute atomic E-state index is 12.4. The van der Waals surface area contributed by atoms with Crippen molar-refractivity contribution in [3.8, 4) is 5.75 Å². The number of carbonyl (C=O) groups is 1. The van der Waals surface area contributed by atoms with Crippen molar-refractivity contribution in [1.82, 2.24) is 5.32 Å². The Morgan fingerprint density at radius 1 is 0.929 bits per heavy atom.